The van der Waals surface area contributed by atoms with E-state index in [2.05, 4.69) is 92.3 Å². The Morgan fingerprint density at radius 2 is 1.21 bits per heavy atom. The number of ether oxygens (including phenoxy) is 3. The fourth-order valence-electron chi connectivity index (χ4n) is 9.61. The summed E-state index contributed by atoms with van der Waals surface area (Å²) in [5.74, 6) is 1.70. The summed E-state index contributed by atoms with van der Waals surface area (Å²) in [5.41, 5.74) is -0.544. The van der Waals surface area contributed by atoms with Crippen LogP contribution in [0.25, 0.3) is 0 Å². The molecule has 5 heteroatoms. The lowest BCUT2D eigenvalue weighted by molar-refractivity contribution is -0.549. The van der Waals surface area contributed by atoms with E-state index in [0.717, 1.165) is 30.8 Å². The summed E-state index contributed by atoms with van der Waals surface area (Å²) in [6.07, 6.45) is 6.63. The van der Waals surface area contributed by atoms with Crippen LogP contribution in [0.2, 0.25) is 0 Å². The molecule has 4 saturated heterocycles. The van der Waals surface area contributed by atoms with Gasteiger partial charge in [-0.3, -0.25) is 0 Å². The van der Waals surface area contributed by atoms with Gasteiger partial charge in [-0.15, -0.1) is 9.24 Å². The van der Waals surface area contributed by atoms with Gasteiger partial charge >= 0.3 is 0 Å². The van der Waals surface area contributed by atoms with Crippen molar-refractivity contribution in [3.05, 3.63) is 0 Å². The Morgan fingerprint density at radius 3 is 1.62 bits per heavy atom. The number of rotatable bonds is 4. The van der Waals surface area contributed by atoms with Crippen molar-refractivity contribution in [2.24, 2.45) is 29.1 Å². The van der Waals surface area contributed by atoms with Crippen molar-refractivity contribution in [3.8, 4) is 0 Å². The quantitative estimate of drug-likeness (QED) is 0.357. The normalized spacial score (nSPS) is 51.4. The molecule has 5 rings (SSSR count). The van der Waals surface area contributed by atoms with Crippen LogP contribution in [-0.4, -0.2) is 45.4 Å². The zero-order chi connectivity index (χ0) is 25.8. The predicted octanol–water partition coefficient (Wildman–Crippen LogP) is 8.05. The molecule has 0 spiro atoms. The van der Waals surface area contributed by atoms with E-state index in [1.165, 1.54) is 19.0 Å². The fourth-order valence-corrected chi connectivity index (χ4v) is 14.8. The van der Waals surface area contributed by atoms with Crippen LogP contribution in [0.3, 0.4) is 0 Å². The van der Waals surface area contributed by atoms with E-state index in [4.69, 9.17) is 14.2 Å². The average molecular weight is 513 g/mol. The van der Waals surface area contributed by atoms with Crippen molar-refractivity contribution in [2.45, 2.75) is 142 Å². The van der Waals surface area contributed by atoms with Gasteiger partial charge in [0.1, 0.15) is 0 Å². The Balaban J connectivity index is 1.82. The summed E-state index contributed by atoms with van der Waals surface area (Å²) >= 11 is 0. The van der Waals surface area contributed by atoms with Crippen molar-refractivity contribution in [1.82, 2.24) is 0 Å². The molecular weight excluding hydrogens is 458 g/mol. The molecule has 1 aliphatic carbocycles. The van der Waals surface area contributed by atoms with E-state index in [-0.39, 0.29) is 24.5 Å². The SMILES string of the molecule is CC1CC(CP(C(C)(C)C)C(C)(C)C)C(C2(CP)C3(C)CC4(C)OC(C)(CC2(C)O4)O3)CC1C. The van der Waals surface area contributed by atoms with Crippen molar-refractivity contribution in [1.29, 1.82) is 0 Å². The van der Waals surface area contributed by atoms with Crippen LogP contribution < -0.4 is 0 Å². The van der Waals surface area contributed by atoms with E-state index in [1.54, 1.807) is 0 Å². The topological polar surface area (TPSA) is 27.7 Å². The first-order valence-corrected chi connectivity index (χ1v) is 16.2. The Kier molecular flexibility index (Phi) is 6.63. The molecule has 5 fully saturated rings. The molecule has 5 aliphatic rings. The standard InChI is InChI=1S/C29H54O3P2/c1-19-13-21(15-34(23(3,4)5)24(6,7)8)22(14-20(19)2)29(18-33)25(9)16-27(11)31-26(29,10)17-28(12,30-25)32-27/h19-22H,13-18,33H2,1-12H3. The van der Waals surface area contributed by atoms with Gasteiger partial charge in [-0.25, -0.2) is 0 Å². The van der Waals surface area contributed by atoms with Gasteiger partial charge in [-0.2, -0.15) is 0 Å². The van der Waals surface area contributed by atoms with Crippen LogP contribution in [0.15, 0.2) is 0 Å². The van der Waals surface area contributed by atoms with Gasteiger partial charge in [0.2, 0.25) is 0 Å². The third-order valence-electron chi connectivity index (χ3n) is 10.4. The molecule has 4 aliphatic heterocycles. The third kappa shape index (κ3) is 4.10. The molecule has 4 bridgehead atoms. The van der Waals surface area contributed by atoms with E-state index in [9.17, 15) is 0 Å². The molecular formula is C29H54O3P2. The Hall–Kier alpha value is 0.740. The second-order valence-electron chi connectivity index (χ2n) is 15.3. The molecule has 0 N–H and O–H groups in total. The molecule has 34 heavy (non-hydrogen) atoms. The van der Waals surface area contributed by atoms with Gasteiger partial charge in [0.05, 0.1) is 11.2 Å². The lowest BCUT2D eigenvalue weighted by Crippen LogP contribution is -2.84. The summed E-state index contributed by atoms with van der Waals surface area (Å²) in [6.45, 7) is 29.0. The lowest BCUT2D eigenvalue weighted by Gasteiger charge is -2.77. The lowest BCUT2D eigenvalue weighted by atomic mass is 9.45. The Bertz CT molecular complexity index is 738. The van der Waals surface area contributed by atoms with Gasteiger partial charge in [-0.05, 0) is 86.8 Å². The van der Waals surface area contributed by atoms with Crippen molar-refractivity contribution < 1.29 is 14.2 Å². The molecule has 9 atom stereocenters. The van der Waals surface area contributed by atoms with E-state index in [0.29, 0.717) is 22.1 Å². The first-order valence-electron chi connectivity index (χ1n) is 13.8. The van der Waals surface area contributed by atoms with Gasteiger partial charge < -0.3 is 14.2 Å². The van der Waals surface area contributed by atoms with Crippen molar-refractivity contribution >= 4 is 17.2 Å². The number of hydrogen-bond donors (Lipinski definition) is 0. The summed E-state index contributed by atoms with van der Waals surface area (Å²) in [4.78, 5) is 0. The van der Waals surface area contributed by atoms with E-state index in [1.807, 2.05) is 0 Å². The average Bonchev–Trinajstić information content (AvgIpc) is 2.57. The molecule has 0 radical (unpaired) electrons. The largest absolute Gasteiger partial charge is 0.343 e. The summed E-state index contributed by atoms with van der Waals surface area (Å²) in [6, 6.07) is 0. The van der Waals surface area contributed by atoms with Gasteiger partial charge in [0, 0.05) is 18.3 Å². The monoisotopic (exact) mass is 512 g/mol. The first kappa shape index (κ1) is 27.8. The molecule has 0 aromatic carbocycles. The Labute approximate surface area is 214 Å². The van der Waals surface area contributed by atoms with Crippen LogP contribution >= 0.6 is 17.2 Å². The van der Waals surface area contributed by atoms with Crippen LogP contribution in [-0.2, 0) is 14.2 Å². The minimum Gasteiger partial charge on any atom is -0.343 e. The van der Waals surface area contributed by atoms with Gasteiger partial charge in [0.15, 0.2) is 11.6 Å². The maximum Gasteiger partial charge on any atom is 0.172 e. The van der Waals surface area contributed by atoms with Crippen LogP contribution in [0.4, 0.5) is 0 Å². The highest BCUT2D eigenvalue weighted by Crippen LogP contribution is 2.73. The highest BCUT2D eigenvalue weighted by molar-refractivity contribution is 7.60. The molecule has 1 saturated carbocycles. The zero-order valence-corrected chi connectivity index (χ0v) is 26.4. The van der Waals surface area contributed by atoms with Crippen molar-refractivity contribution in [3.63, 3.8) is 0 Å². The highest BCUT2D eigenvalue weighted by atomic mass is 31.1. The van der Waals surface area contributed by atoms with E-state index >= 15 is 0 Å². The smallest absolute Gasteiger partial charge is 0.172 e. The third-order valence-corrected chi connectivity index (χ3v) is 15.1. The molecule has 0 aromatic heterocycles. The molecule has 3 nitrogen and oxygen atoms in total. The summed E-state index contributed by atoms with van der Waals surface area (Å²) in [7, 11) is 3.02. The van der Waals surface area contributed by atoms with Crippen LogP contribution in [0.1, 0.15) is 109 Å². The minimum atomic E-state index is -0.551. The molecule has 198 valence electrons. The summed E-state index contributed by atoms with van der Waals surface area (Å²) in [5, 5.41) is 0.691. The van der Waals surface area contributed by atoms with Crippen LogP contribution in [0.5, 0.6) is 0 Å². The van der Waals surface area contributed by atoms with E-state index < -0.39 is 11.6 Å². The van der Waals surface area contributed by atoms with Gasteiger partial charge in [-0.1, -0.05) is 63.3 Å². The highest BCUT2D eigenvalue weighted by Gasteiger charge is 2.79. The second kappa shape index (κ2) is 8.12. The summed E-state index contributed by atoms with van der Waals surface area (Å²) < 4.78 is 20.5. The first-order chi connectivity index (χ1) is 15.2. The molecule has 0 aromatic rings. The molecule has 0 amide bonds. The molecule has 9 unspecified atom stereocenters. The predicted molar refractivity (Wildman–Crippen MR) is 149 cm³/mol. The maximum atomic E-state index is 7.03. The zero-order valence-electron chi connectivity index (χ0n) is 24.3. The molecule has 4 heterocycles. The number of hydrogen-bond acceptors (Lipinski definition) is 3. The van der Waals surface area contributed by atoms with Crippen molar-refractivity contribution in [2.75, 3.05) is 12.3 Å². The fraction of sp³-hybridized carbons (Fsp3) is 1.00. The second-order valence-corrected chi connectivity index (χ2v) is 19.6. The van der Waals surface area contributed by atoms with Gasteiger partial charge in [0.25, 0.3) is 0 Å². The minimum absolute atomic E-state index is 0.0384. The maximum absolute atomic E-state index is 7.03. The van der Waals surface area contributed by atoms with Crippen LogP contribution in [0, 0.1) is 29.1 Å². The Morgan fingerprint density at radius 1 is 0.765 bits per heavy atom.